The van der Waals surface area contributed by atoms with Gasteiger partial charge in [0.1, 0.15) is 17.5 Å². The van der Waals surface area contributed by atoms with Crippen molar-refractivity contribution in [1.29, 1.82) is 5.26 Å². The Labute approximate surface area is 114 Å². The molecule has 0 aliphatic carbocycles. The standard InChI is InChI=1S/C14H21N5/c1-3-16-13-10-14(18-11(2)17-13)19-9-5-4-6-12(19)7-8-15/h10,12H,3-7,9H2,1-2H3,(H,16,17,18). The summed E-state index contributed by atoms with van der Waals surface area (Å²) in [5, 5.41) is 12.2. The van der Waals surface area contributed by atoms with E-state index < -0.39 is 0 Å². The maximum absolute atomic E-state index is 8.95. The molecule has 2 heterocycles. The van der Waals surface area contributed by atoms with Gasteiger partial charge in [0.15, 0.2) is 0 Å². The zero-order chi connectivity index (χ0) is 13.7. The van der Waals surface area contributed by atoms with Crippen molar-refractivity contribution in [3.8, 4) is 6.07 Å². The first-order valence-electron chi connectivity index (χ1n) is 6.97. The van der Waals surface area contributed by atoms with Crippen LogP contribution in [0.1, 0.15) is 38.4 Å². The lowest BCUT2D eigenvalue weighted by molar-refractivity contribution is 0.461. The van der Waals surface area contributed by atoms with Crippen molar-refractivity contribution in [2.45, 2.75) is 45.6 Å². The lowest BCUT2D eigenvalue weighted by Crippen LogP contribution is -2.40. The average Bonchev–Trinajstić information content (AvgIpc) is 2.39. The predicted molar refractivity (Wildman–Crippen MR) is 76.1 cm³/mol. The van der Waals surface area contributed by atoms with Crippen LogP contribution in [-0.2, 0) is 0 Å². The summed E-state index contributed by atoms with van der Waals surface area (Å²) in [6, 6.07) is 4.58. The molecule has 5 nitrogen and oxygen atoms in total. The molecule has 1 aromatic heterocycles. The van der Waals surface area contributed by atoms with Gasteiger partial charge in [-0.25, -0.2) is 9.97 Å². The van der Waals surface area contributed by atoms with Gasteiger partial charge >= 0.3 is 0 Å². The molecule has 1 aliphatic rings. The Morgan fingerprint density at radius 1 is 1.47 bits per heavy atom. The van der Waals surface area contributed by atoms with Crippen LogP contribution in [0.2, 0.25) is 0 Å². The first-order valence-corrected chi connectivity index (χ1v) is 6.97. The van der Waals surface area contributed by atoms with Crippen LogP contribution in [0.3, 0.4) is 0 Å². The van der Waals surface area contributed by atoms with Crippen LogP contribution in [0.15, 0.2) is 6.07 Å². The lowest BCUT2D eigenvalue weighted by atomic mass is 10.00. The molecule has 19 heavy (non-hydrogen) atoms. The molecule has 0 saturated carbocycles. The molecule has 0 amide bonds. The Morgan fingerprint density at radius 3 is 3.05 bits per heavy atom. The molecule has 0 bridgehead atoms. The van der Waals surface area contributed by atoms with Crippen molar-refractivity contribution >= 4 is 11.6 Å². The highest BCUT2D eigenvalue weighted by Gasteiger charge is 2.23. The lowest BCUT2D eigenvalue weighted by Gasteiger charge is -2.35. The van der Waals surface area contributed by atoms with E-state index in [-0.39, 0.29) is 0 Å². The van der Waals surface area contributed by atoms with E-state index in [4.69, 9.17) is 5.26 Å². The first-order chi connectivity index (χ1) is 9.24. The van der Waals surface area contributed by atoms with E-state index in [2.05, 4.69) is 33.2 Å². The molecule has 0 radical (unpaired) electrons. The highest BCUT2D eigenvalue weighted by molar-refractivity contribution is 5.50. The summed E-state index contributed by atoms with van der Waals surface area (Å²) in [4.78, 5) is 11.2. The van der Waals surface area contributed by atoms with E-state index in [9.17, 15) is 0 Å². The van der Waals surface area contributed by atoms with Gasteiger partial charge in [-0.05, 0) is 33.1 Å². The smallest absolute Gasteiger partial charge is 0.134 e. The van der Waals surface area contributed by atoms with Gasteiger partial charge in [-0.3, -0.25) is 0 Å². The van der Waals surface area contributed by atoms with Gasteiger partial charge in [0.05, 0.1) is 12.5 Å². The number of nitrogens with one attached hydrogen (secondary N) is 1. The number of hydrogen-bond donors (Lipinski definition) is 1. The van der Waals surface area contributed by atoms with Crippen LogP contribution in [0, 0.1) is 18.3 Å². The summed E-state index contributed by atoms with van der Waals surface area (Å²) in [5.41, 5.74) is 0. The Bertz CT molecular complexity index is 465. The number of anilines is 2. The Balaban J connectivity index is 2.25. The van der Waals surface area contributed by atoms with E-state index >= 15 is 0 Å². The van der Waals surface area contributed by atoms with Crippen molar-refractivity contribution in [3.63, 3.8) is 0 Å². The molecule has 1 atom stereocenters. The fraction of sp³-hybridized carbons (Fsp3) is 0.643. The third-order valence-electron chi connectivity index (χ3n) is 3.43. The zero-order valence-electron chi connectivity index (χ0n) is 11.7. The molecule has 1 N–H and O–H groups in total. The van der Waals surface area contributed by atoms with Crippen LogP contribution >= 0.6 is 0 Å². The third kappa shape index (κ3) is 3.34. The molecule has 1 aliphatic heterocycles. The fourth-order valence-electron chi connectivity index (χ4n) is 2.59. The quantitative estimate of drug-likeness (QED) is 0.900. The van der Waals surface area contributed by atoms with Crippen molar-refractivity contribution in [2.24, 2.45) is 0 Å². The average molecular weight is 259 g/mol. The largest absolute Gasteiger partial charge is 0.370 e. The van der Waals surface area contributed by atoms with Gasteiger partial charge in [0, 0.05) is 25.2 Å². The summed E-state index contributed by atoms with van der Waals surface area (Å²) < 4.78 is 0. The second-order valence-corrected chi connectivity index (χ2v) is 4.89. The summed E-state index contributed by atoms with van der Waals surface area (Å²) in [7, 11) is 0. The number of rotatable bonds is 4. The Kier molecular flexibility index (Phi) is 4.56. The highest BCUT2D eigenvalue weighted by Crippen LogP contribution is 2.26. The van der Waals surface area contributed by atoms with Crippen molar-refractivity contribution in [2.75, 3.05) is 23.3 Å². The van der Waals surface area contributed by atoms with Gasteiger partial charge in [-0.1, -0.05) is 0 Å². The van der Waals surface area contributed by atoms with Gasteiger partial charge in [-0.2, -0.15) is 5.26 Å². The molecule has 2 rings (SSSR count). The molecule has 1 fully saturated rings. The number of nitrogens with zero attached hydrogens (tertiary/aromatic N) is 4. The minimum atomic E-state index is 0.294. The van der Waals surface area contributed by atoms with E-state index in [1.165, 1.54) is 12.8 Å². The zero-order valence-corrected chi connectivity index (χ0v) is 11.7. The normalized spacial score (nSPS) is 19.0. The minimum Gasteiger partial charge on any atom is -0.370 e. The van der Waals surface area contributed by atoms with Crippen molar-refractivity contribution in [3.05, 3.63) is 11.9 Å². The number of aryl methyl sites for hydroxylation is 1. The van der Waals surface area contributed by atoms with E-state index in [1.807, 2.05) is 13.0 Å². The monoisotopic (exact) mass is 259 g/mol. The molecule has 0 aromatic carbocycles. The number of piperidine rings is 1. The van der Waals surface area contributed by atoms with Crippen molar-refractivity contribution in [1.82, 2.24) is 9.97 Å². The van der Waals surface area contributed by atoms with Crippen LogP contribution in [-0.4, -0.2) is 29.1 Å². The Hall–Kier alpha value is -1.83. The number of nitriles is 1. The van der Waals surface area contributed by atoms with Gasteiger partial charge < -0.3 is 10.2 Å². The summed E-state index contributed by atoms with van der Waals surface area (Å²) in [5.74, 6) is 2.59. The van der Waals surface area contributed by atoms with Crippen LogP contribution in [0.4, 0.5) is 11.6 Å². The van der Waals surface area contributed by atoms with E-state index in [0.29, 0.717) is 12.5 Å². The topological polar surface area (TPSA) is 64.8 Å². The van der Waals surface area contributed by atoms with Gasteiger partial charge in [0.25, 0.3) is 0 Å². The fourth-order valence-corrected chi connectivity index (χ4v) is 2.59. The number of hydrogen-bond acceptors (Lipinski definition) is 5. The van der Waals surface area contributed by atoms with E-state index in [0.717, 1.165) is 37.0 Å². The first kappa shape index (κ1) is 13.6. The minimum absolute atomic E-state index is 0.294. The second kappa shape index (κ2) is 6.37. The molecule has 5 heteroatoms. The van der Waals surface area contributed by atoms with Crippen molar-refractivity contribution < 1.29 is 0 Å². The van der Waals surface area contributed by atoms with Crippen LogP contribution in [0.5, 0.6) is 0 Å². The maximum Gasteiger partial charge on any atom is 0.134 e. The highest BCUT2D eigenvalue weighted by atomic mass is 15.2. The Morgan fingerprint density at radius 2 is 2.32 bits per heavy atom. The molecule has 1 aromatic rings. The van der Waals surface area contributed by atoms with Crippen LogP contribution in [0.25, 0.3) is 0 Å². The molecule has 1 unspecified atom stereocenters. The van der Waals surface area contributed by atoms with Gasteiger partial charge in [-0.15, -0.1) is 0 Å². The molecular weight excluding hydrogens is 238 g/mol. The summed E-state index contributed by atoms with van der Waals surface area (Å²) in [6.45, 7) is 5.79. The second-order valence-electron chi connectivity index (χ2n) is 4.89. The van der Waals surface area contributed by atoms with E-state index in [1.54, 1.807) is 0 Å². The van der Waals surface area contributed by atoms with Gasteiger partial charge in [0.2, 0.25) is 0 Å². The SMILES string of the molecule is CCNc1cc(N2CCCCC2CC#N)nc(C)n1. The molecular formula is C14H21N5. The summed E-state index contributed by atoms with van der Waals surface area (Å²) in [6.07, 6.45) is 4.02. The van der Waals surface area contributed by atoms with Crippen LogP contribution < -0.4 is 10.2 Å². The molecule has 102 valence electrons. The maximum atomic E-state index is 8.95. The molecule has 0 spiro atoms. The molecule has 1 saturated heterocycles. The third-order valence-corrected chi connectivity index (χ3v) is 3.43. The number of aromatic nitrogens is 2. The summed E-state index contributed by atoms with van der Waals surface area (Å²) >= 11 is 0. The predicted octanol–water partition coefficient (Wildman–Crippen LogP) is 2.49.